The second kappa shape index (κ2) is 14.0. The Balaban J connectivity index is 0.00000363. The molecule has 32 heavy (non-hydrogen) atoms. The Morgan fingerprint density at radius 1 is 1.06 bits per heavy atom. The number of halogens is 1. The minimum absolute atomic E-state index is 0. The van der Waals surface area contributed by atoms with Gasteiger partial charge < -0.3 is 20.3 Å². The molecule has 0 aromatic heterocycles. The van der Waals surface area contributed by atoms with Gasteiger partial charge in [0.05, 0.1) is 6.54 Å². The van der Waals surface area contributed by atoms with Gasteiger partial charge >= 0.3 is 0 Å². The molecule has 7 heteroatoms. The highest BCUT2D eigenvalue weighted by atomic mass is 127. The lowest BCUT2D eigenvalue weighted by Gasteiger charge is -2.34. The van der Waals surface area contributed by atoms with Crippen molar-refractivity contribution in [1.29, 1.82) is 0 Å². The van der Waals surface area contributed by atoms with Crippen LogP contribution in [0.4, 0.5) is 0 Å². The summed E-state index contributed by atoms with van der Waals surface area (Å²) in [7, 11) is 1.70. The third-order valence-electron chi connectivity index (χ3n) is 5.58. The van der Waals surface area contributed by atoms with Gasteiger partial charge in [-0.1, -0.05) is 42.5 Å². The molecule has 6 nitrogen and oxygen atoms in total. The molecule has 0 aliphatic carbocycles. The van der Waals surface area contributed by atoms with E-state index in [1.54, 1.807) is 7.05 Å². The summed E-state index contributed by atoms with van der Waals surface area (Å²) in [6, 6.07) is 18.3. The summed E-state index contributed by atoms with van der Waals surface area (Å²) in [4.78, 5) is 18.8. The molecule has 1 heterocycles. The standard InChI is InChI=1S/C25H34N4O2.HI/c1-3-27-25(29-15-13-20(14-16-29)17-24(30)26-2)28-18-21-9-11-23(12-10-21)31-19-22-7-5-4-6-8-22;/h4-12,20H,3,13-19H2,1-2H3,(H,26,30)(H,27,28);1H. The molecule has 174 valence electrons. The molecule has 0 atom stereocenters. The van der Waals surface area contributed by atoms with E-state index in [1.165, 1.54) is 0 Å². The molecule has 1 aliphatic rings. The number of benzene rings is 2. The van der Waals surface area contributed by atoms with E-state index < -0.39 is 0 Å². The minimum Gasteiger partial charge on any atom is -0.489 e. The van der Waals surface area contributed by atoms with E-state index in [4.69, 9.17) is 9.73 Å². The Hall–Kier alpha value is -2.29. The van der Waals surface area contributed by atoms with Crippen molar-refractivity contribution in [2.75, 3.05) is 26.7 Å². The summed E-state index contributed by atoms with van der Waals surface area (Å²) >= 11 is 0. The van der Waals surface area contributed by atoms with Gasteiger partial charge in [0.15, 0.2) is 5.96 Å². The highest BCUT2D eigenvalue weighted by Crippen LogP contribution is 2.21. The van der Waals surface area contributed by atoms with E-state index in [0.29, 0.717) is 25.5 Å². The number of piperidine rings is 1. The van der Waals surface area contributed by atoms with Crippen LogP contribution in [-0.4, -0.2) is 43.4 Å². The fourth-order valence-electron chi connectivity index (χ4n) is 3.74. The Labute approximate surface area is 208 Å². The first-order valence-corrected chi connectivity index (χ1v) is 11.2. The van der Waals surface area contributed by atoms with Crippen molar-refractivity contribution >= 4 is 35.8 Å². The maximum absolute atomic E-state index is 11.6. The summed E-state index contributed by atoms with van der Waals surface area (Å²) in [6.07, 6.45) is 2.66. The number of rotatable bonds is 8. The molecular weight excluding hydrogens is 515 g/mol. The highest BCUT2D eigenvalue weighted by Gasteiger charge is 2.23. The molecular formula is C25H35IN4O2. The van der Waals surface area contributed by atoms with Crippen LogP contribution in [0.1, 0.15) is 37.3 Å². The second-order valence-electron chi connectivity index (χ2n) is 7.90. The number of aliphatic imine (C=N–C) groups is 1. The average Bonchev–Trinajstić information content (AvgIpc) is 2.82. The zero-order valence-electron chi connectivity index (χ0n) is 19.0. The molecule has 2 N–H and O–H groups in total. The van der Waals surface area contributed by atoms with Crippen LogP contribution >= 0.6 is 24.0 Å². The second-order valence-corrected chi connectivity index (χ2v) is 7.90. The van der Waals surface area contributed by atoms with Crippen LogP contribution in [0.5, 0.6) is 5.75 Å². The van der Waals surface area contributed by atoms with Gasteiger partial charge in [0.1, 0.15) is 12.4 Å². The maximum atomic E-state index is 11.6. The molecule has 1 fully saturated rings. The molecule has 0 radical (unpaired) electrons. The molecule has 1 saturated heterocycles. The van der Waals surface area contributed by atoms with Crippen LogP contribution in [0.3, 0.4) is 0 Å². The SMILES string of the molecule is CCNC(=NCc1ccc(OCc2ccccc2)cc1)N1CCC(CC(=O)NC)CC1.I. The summed E-state index contributed by atoms with van der Waals surface area (Å²) in [5.74, 6) is 2.41. The van der Waals surface area contributed by atoms with Gasteiger partial charge in [0, 0.05) is 33.1 Å². The van der Waals surface area contributed by atoms with Crippen LogP contribution in [0.15, 0.2) is 59.6 Å². The van der Waals surface area contributed by atoms with Crippen molar-refractivity contribution in [3.8, 4) is 5.75 Å². The monoisotopic (exact) mass is 550 g/mol. The molecule has 3 rings (SSSR count). The highest BCUT2D eigenvalue weighted by molar-refractivity contribution is 14.0. The van der Waals surface area contributed by atoms with E-state index in [0.717, 1.165) is 55.3 Å². The Morgan fingerprint density at radius 2 is 1.75 bits per heavy atom. The van der Waals surface area contributed by atoms with Crippen LogP contribution in [-0.2, 0) is 17.9 Å². The fraction of sp³-hybridized carbons (Fsp3) is 0.440. The Kier molecular flexibility index (Phi) is 11.3. The fourth-order valence-corrected chi connectivity index (χ4v) is 3.74. The minimum atomic E-state index is 0. The van der Waals surface area contributed by atoms with E-state index in [9.17, 15) is 4.79 Å². The quantitative estimate of drug-likeness (QED) is 0.294. The lowest BCUT2D eigenvalue weighted by Crippen LogP contribution is -2.46. The Bertz CT molecular complexity index is 835. The van der Waals surface area contributed by atoms with Gasteiger partial charge in [-0.15, -0.1) is 24.0 Å². The molecule has 0 spiro atoms. The lowest BCUT2D eigenvalue weighted by atomic mass is 9.93. The Morgan fingerprint density at radius 3 is 2.38 bits per heavy atom. The number of likely N-dealkylation sites (tertiary alicyclic amines) is 1. The predicted octanol–water partition coefficient (Wildman–Crippen LogP) is 4.20. The van der Waals surface area contributed by atoms with Gasteiger partial charge in [-0.25, -0.2) is 4.99 Å². The number of carbonyl (C=O) groups is 1. The van der Waals surface area contributed by atoms with Gasteiger partial charge in [-0.3, -0.25) is 4.79 Å². The third-order valence-corrected chi connectivity index (χ3v) is 5.58. The molecule has 0 saturated carbocycles. The van der Waals surface area contributed by atoms with Gasteiger partial charge in [-0.05, 0) is 48.9 Å². The predicted molar refractivity (Wildman–Crippen MR) is 140 cm³/mol. The summed E-state index contributed by atoms with van der Waals surface area (Å²) < 4.78 is 5.87. The number of amides is 1. The molecule has 2 aromatic rings. The smallest absolute Gasteiger partial charge is 0.220 e. The zero-order chi connectivity index (χ0) is 21.9. The van der Waals surface area contributed by atoms with Gasteiger partial charge in [0.2, 0.25) is 5.91 Å². The van der Waals surface area contributed by atoms with E-state index in [1.807, 2.05) is 30.3 Å². The maximum Gasteiger partial charge on any atom is 0.220 e. The first-order valence-electron chi connectivity index (χ1n) is 11.2. The van der Waals surface area contributed by atoms with Crippen molar-refractivity contribution in [3.63, 3.8) is 0 Å². The molecule has 0 unspecified atom stereocenters. The number of hydrogen-bond donors (Lipinski definition) is 2. The van der Waals surface area contributed by atoms with Crippen molar-refractivity contribution in [2.45, 2.75) is 39.3 Å². The van der Waals surface area contributed by atoms with Crippen molar-refractivity contribution in [2.24, 2.45) is 10.9 Å². The number of guanidine groups is 1. The van der Waals surface area contributed by atoms with E-state index in [-0.39, 0.29) is 29.9 Å². The third kappa shape index (κ3) is 8.33. The van der Waals surface area contributed by atoms with Crippen molar-refractivity contribution < 1.29 is 9.53 Å². The van der Waals surface area contributed by atoms with Crippen LogP contribution < -0.4 is 15.4 Å². The average molecular weight is 550 g/mol. The number of ether oxygens (including phenoxy) is 1. The first-order chi connectivity index (χ1) is 15.2. The molecule has 0 bridgehead atoms. The summed E-state index contributed by atoms with van der Waals surface area (Å²) in [5, 5.41) is 6.14. The van der Waals surface area contributed by atoms with Crippen LogP contribution in [0.2, 0.25) is 0 Å². The van der Waals surface area contributed by atoms with Gasteiger partial charge in [0.25, 0.3) is 0 Å². The number of nitrogens with one attached hydrogen (secondary N) is 2. The molecule has 2 aromatic carbocycles. The van der Waals surface area contributed by atoms with Crippen LogP contribution in [0.25, 0.3) is 0 Å². The summed E-state index contributed by atoms with van der Waals surface area (Å²) in [5.41, 5.74) is 2.31. The van der Waals surface area contributed by atoms with E-state index >= 15 is 0 Å². The number of nitrogens with zero attached hydrogens (tertiary/aromatic N) is 2. The molecule has 1 amide bonds. The van der Waals surface area contributed by atoms with Crippen LogP contribution in [0, 0.1) is 5.92 Å². The largest absolute Gasteiger partial charge is 0.489 e. The zero-order valence-corrected chi connectivity index (χ0v) is 21.4. The van der Waals surface area contributed by atoms with Crippen molar-refractivity contribution in [1.82, 2.24) is 15.5 Å². The summed E-state index contributed by atoms with van der Waals surface area (Å²) in [6.45, 7) is 5.98. The molecule has 1 aliphatic heterocycles. The van der Waals surface area contributed by atoms with Gasteiger partial charge in [-0.2, -0.15) is 0 Å². The van der Waals surface area contributed by atoms with E-state index in [2.05, 4.69) is 46.7 Å². The lowest BCUT2D eigenvalue weighted by molar-refractivity contribution is -0.121. The number of hydrogen-bond acceptors (Lipinski definition) is 3. The normalized spacial score (nSPS) is 14.4. The topological polar surface area (TPSA) is 66.0 Å². The van der Waals surface area contributed by atoms with Crippen molar-refractivity contribution in [3.05, 3.63) is 65.7 Å². The first kappa shape index (κ1) is 26.0. The number of carbonyl (C=O) groups excluding carboxylic acids is 1.